The first-order chi connectivity index (χ1) is 6.24. The number of Topliss-reactive ketones (excluding diaryl/α,β-unsaturated/α-hetero) is 1. The normalized spacial score (nSPS) is 26.0. The number of hydrogen-bond donors (Lipinski definition) is 2. The molecule has 1 rings (SSSR count). The lowest BCUT2D eigenvalue weighted by Crippen LogP contribution is -2.39. The molecule has 0 aromatic heterocycles. The number of hydrogen-bond acceptors (Lipinski definition) is 4. The zero-order valence-corrected chi connectivity index (χ0v) is 7.95. The second kappa shape index (κ2) is 5.32. The summed E-state index contributed by atoms with van der Waals surface area (Å²) in [6, 6.07) is 0. The van der Waals surface area contributed by atoms with E-state index in [0.717, 1.165) is 6.54 Å². The van der Waals surface area contributed by atoms with Gasteiger partial charge in [-0.05, 0) is 6.42 Å². The van der Waals surface area contributed by atoms with E-state index >= 15 is 0 Å². The molecule has 1 aliphatic rings. The highest BCUT2D eigenvalue weighted by molar-refractivity contribution is 5.82. The van der Waals surface area contributed by atoms with E-state index in [0.29, 0.717) is 26.0 Å². The molecule has 2 atom stereocenters. The highest BCUT2D eigenvalue weighted by Crippen LogP contribution is 2.12. The van der Waals surface area contributed by atoms with Crippen LogP contribution in [0.15, 0.2) is 0 Å². The van der Waals surface area contributed by atoms with Crippen molar-refractivity contribution in [2.24, 2.45) is 5.92 Å². The Labute approximate surface area is 78.3 Å². The van der Waals surface area contributed by atoms with Gasteiger partial charge in [-0.3, -0.25) is 4.79 Å². The van der Waals surface area contributed by atoms with Gasteiger partial charge in [-0.15, -0.1) is 0 Å². The number of methoxy groups -OCH3 is 1. The van der Waals surface area contributed by atoms with Crippen LogP contribution in [-0.2, 0) is 9.53 Å². The van der Waals surface area contributed by atoms with Gasteiger partial charge in [0.1, 0.15) is 5.78 Å². The average molecular weight is 187 g/mol. The van der Waals surface area contributed by atoms with Gasteiger partial charge in [0.05, 0.1) is 12.7 Å². The number of aliphatic hydroxyl groups is 1. The lowest BCUT2D eigenvalue weighted by atomic mass is 9.92. The van der Waals surface area contributed by atoms with Crippen molar-refractivity contribution < 1.29 is 14.6 Å². The number of ether oxygens (including phenoxy) is 1. The molecule has 2 N–H and O–H groups in total. The van der Waals surface area contributed by atoms with Crippen LogP contribution in [0.1, 0.15) is 12.8 Å². The summed E-state index contributed by atoms with van der Waals surface area (Å²) in [6.45, 7) is 1.78. The number of carbonyl (C=O) groups is 1. The number of ketones is 1. The first kappa shape index (κ1) is 10.6. The van der Waals surface area contributed by atoms with Gasteiger partial charge in [0.25, 0.3) is 0 Å². The van der Waals surface area contributed by atoms with E-state index < -0.39 is 6.10 Å². The van der Waals surface area contributed by atoms with Gasteiger partial charge in [-0.1, -0.05) is 0 Å². The molecule has 76 valence electrons. The molecule has 1 aliphatic heterocycles. The molecule has 1 saturated heterocycles. The monoisotopic (exact) mass is 187 g/mol. The molecule has 13 heavy (non-hydrogen) atoms. The Balaban J connectivity index is 2.29. The third kappa shape index (κ3) is 3.42. The van der Waals surface area contributed by atoms with Crippen LogP contribution in [0.25, 0.3) is 0 Å². The summed E-state index contributed by atoms with van der Waals surface area (Å²) in [4.78, 5) is 11.3. The van der Waals surface area contributed by atoms with Crippen molar-refractivity contribution >= 4 is 5.78 Å². The quantitative estimate of drug-likeness (QED) is 0.626. The van der Waals surface area contributed by atoms with E-state index in [-0.39, 0.29) is 11.7 Å². The molecule has 0 saturated carbocycles. The van der Waals surface area contributed by atoms with Gasteiger partial charge in [0.2, 0.25) is 0 Å². The molecule has 1 heterocycles. The molecule has 4 heteroatoms. The van der Waals surface area contributed by atoms with E-state index in [2.05, 4.69) is 5.32 Å². The Kier molecular flexibility index (Phi) is 4.35. The standard InChI is InChI=1S/C9H17NO3/c1-13-6-8(11)4-7-5-10-3-2-9(7)12/h7-8,10-11H,2-6H2,1H3. The maximum Gasteiger partial charge on any atom is 0.138 e. The zero-order valence-electron chi connectivity index (χ0n) is 7.95. The average Bonchev–Trinajstić information content (AvgIpc) is 2.09. The van der Waals surface area contributed by atoms with Crippen molar-refractivity contribution in [2.45, 2.75) is 18.9 Å². The van der Waals surface area contributed by atoms with Gasteiger partial charge in [-0.25, -0.2) is 0 Å². The Morgan fingerprint density at radius 1 is 1.77 bits per heavy atom. The highest BCUT2D eigenvalue weighted by Gasteiger charge is 2.24. The summed E-state index contributed by atoms with van der Waals surface area (Å²) in [5.41, 5.74) is 0. The second-order valence-corrected chi connectivity index (χ2v) is 3.46. The molecule has 0 spiro atoms. The van der Waals surface area contributed by atoms with Crippen LogP contribution in [0.2, 0.25) is 0 Å². The minimum absolute atomic E-state index is 0.0288. The Morgan fingerprint density at radius 2 is 2.54 bits per heavy atom. The molecule has 4 nitrogen and oxygen atoms in total. The summed E-state index contributed by atoms with van der Waals surface area (Å²) in [7, 11) is 1.55. The van der Waals surface area contributed by atoms with Gasteiger partial charge < -0.3 is 15.2 Å². The summed E-state index contributed by atoms with van der Waals surface area (Å²) >= 11 is 0. The lowest BCUT2D eigenvalue weighted by molar-refractivity contribution is -0.125. The molecule has 2 unspecified atom stereocenters. The summed E-state index contributed by atoms with van der Waals surface area (Å²) < 4.78 is 4.80. The topological polar surface area (TPSA) is 58.6 Å². The molecular formula is C9H17NO3. The summed E-state index contributed by atoms with van der Waals surface area (Å²) in [5, 5.41) is 12.6. The molecule has 1 fully saturated rings. The van der Waals surface area contributed by atoms with Crippen LogP contribution in [0.5, 0.6) is 0 Å². The van der Waals surface area contributed by atoms with Crippen molar-refractivity contribution in [3.8, 4) is 0 Å². The third-order valence-corrected chi connectivity index (χ3v) is 2.31. The Bertz CT molecular complexity index is 172. The molecule has 0 aromatic rings. The van der Waals surface area contributed by atoms with E-state index in [4.69, 9.17) is 4.74 Å². The predicted octanol–water partition coefficient (Wildman–Crippen LogP) is -0.438. The molecule has 0 aliphatic carbocycles. The maximum atomic E-state index is 11.3. The second-order valence-electron chi connectivity index (χ2n) is 3.46. The first-order valence-corrected chi connectivity index (χ1v) is 4.64. The largest absolute Gasteiger partial charge is 0.391 e. The smallest absolute Gasteiger partial charge is 0.138 e. The number of aliphatic hydroxyl groups excluding tert-OH is 1. The lowest BCUT2D eigenvalue weighted by Gasteiger charge is -2.23. The number of rotatable bonds is 4. The van der Waals surface area contributed by atoms with Crippen molar-refractivity contribution in [1.82, 2.24) is 5.32 Å². The Morgan fingerprint density at radius 3 is 3.15 bits per heavy atom. The molecule has 0 radical (unpaired) electrons. The number of carbonyl (C=O) groups excluding carboxylic acids is 1. The summed E-state index contributed by atoms with van der Waals surface area (Å²) in [5.74, 6) is 0.229. The molecule has 0 bridgehead atoms. The van der Waals surface area contributed by atoms with Gasteiger partial charge >= 0.3 is 0 Å². The number of piperidine rings is 1. The first-order valence-electron chi connectivity index (χ1n) is 4.64. The van der Waals surface area contributed by atoms with E-state index in [1.54, 1.807) is 7.11 Å². The van der Waals surface area contributed by atoms with Crippen LogP contribution in [0.4, 0.5) is 0 Å². The van der Waals surface area contributed by atoms with Crippen molar-refractivity contribution in [3.63, 3.8) is 0 Å². The van der Waals surface area contributed by atoms with Crippen molar-refractivity contribution in [3.05, 3.63) is 0 Å². The van der Waals surface area contributed by atoms with Crippen LogP contribution >= 0.6 is 0 Å². The SMILES string of the molecule is COCC(O)CC1CNCCC1=O. The molecular weight excluding hydrogens is 170 g/mol. The summed E-state index contributed by atoms with van der Waals surface area (Å²) in [6.07, 6.45) is 0.586. The fourth-order valence-corrected chi connectivity index (χ4v) is 1.61. The predicted molar refractivity (Wildman–Crippen MR) is 48.5 cm³/mol. The number of nitrogens with one attached hydrogen (secondary N) is 1. The van der Waals surface area contributed by atoms with Crippen LogP contribution < -0.4 is 5.32 Å². The highest BCUT2D eigenvalue weighted by atomic mass is 16.5. The van der Waals surface area contributed by atoms with Crippen molar-refractivity contribution in [1.29, 1.82) is 0 Å². The Hall–Kier alpha value is -0.450. The van der Waals surface area contributed by atoms with Gasteiger partial charge in [0.15, 0.2) is 0 Å². The van der Waals surface area contributed by atoms with E-state index in [9.17, 15) is 9.90 Å². The molecule has 0 amide bonds. The van der Waals surface area contributed by atoms with E-state index in [1.165, 1.54) is 0 Å². The van der Waals surface area contributed by atoms with Crippen LogP contribution in [0, 0.1) is 5.92 Å². The van der Waals surface area contributed by atoms with Gasteiger partial charge in [0, 0.05) is 32.5 Å². The van der Waals surface area contributed by atoms with Crippen LogP contribution in [0.3, 0.4) is 0 Å². The molecule has 0 aromatic carbocycles. The minimum Gasteiger partial charge on any atom is -0.391 e. The minimum atomic E-state index is -0.515. The third-order valence-electron chi connectivity index (χ3n) is 2.31. The fourth-order valence-electron chi connectivity index (χ4n) is 1.61. The fraction of sp³-hybridized carbons (Fsp3) is 0.889. The van der Waals surface area contributed by atoms with Crippen molar-refractivity contribution in [2.75, 3.05) is 26.8 Å². The van der Waals surface area contributed by atoms with Gasteiger partial charge in [-0.2, -0.15) is 0 Å². The van der Waals surface area contributed by atoms with E-state index in [1.807, 2.05) is 0 Å². The maximum absolute atomic E-state index is 11.3. The van der Waals surface area contributed by atoms with Crippen LogP contribution in [-0.4, -0.2) is 43.8 Å². The zero-order chi connectivity index (χ0) is 9.68.